The minimum Gasteiger partial charge on any atom is -0.508 e. The highest BCUT2D eigenvalue weighted by atomic mass is 32.1. The molecule has 2 aromatic carbocycles. The van der Waals surface area contributed by atoms with Crippen LogP contribution in [0.3, 0.4) is 0 Å². The van der Waals surface area contributed by atoms with E-state index < -0.39 is 0 Å². The molecule has 0 aliphatic heterocycles. The fraction of sp³-hybridized carbons (Fsp3) is 0.0667. The molecule has 7 nitrogen and oxygen atoms in total. The van der Waals surface area contributed by atoms with Crippen LogP contribution in [0.4, 0.5) is 11.4 Å². The third-order valence-corrected chi connectivity index (χ3v) is 2.94. The maximum Gasteiger partial charge on any atom is 0.184 e. The van der Waals surface area contributed by atoms with Gasteiger partial charge < -0.3 is 15.9 Å². The third kappa shape index (κ3) is 4.75. The Balaban J connectivity index is 2.12. The van der Waals surface area contributed by atoms with Gasteiger partial charge >= 0.3 is 0 Å². The number of azo groups is 1. The van der Waals surface area contributed by atoms with Crippen LogP contribution in [0.5, 0.6) is 11.5 Å². The average molecular weight is 329 g/mol. The molecule has 0 fully saturated rings. The van der Waals surface area contributed by atoms with Crippen LogP contribution in [0.2, 0.25) is 0 Å². The van der Waals surface area contributed by atoms with Gasteiger partial charge in [0.25, 0.3) is 0 Å². The number of thiocarbonyl (C=S) groups is 1. The molecular formula is C15H15N5O2S. The lowest BCUT2D eigenvalue weighted by atomic mass is 10.1. The smallest absolute Gasteiger partial charge is 0.184 e. The van der Waals surface area contributed by atoms with E-state index in [9.17, 15) is 10.2 Å². The molecule has 0 aliphatic rings. The van der Waals surface area contributed by atoms with E-state index in [1.165, 1.54) is 18.2 Å². The summed E-state index contributed by atoms with van der Waals surface area (Å²) in [6, 6.07) is 11.3. The summed E-state index contributed by atoms with van der Waals surface area (Å²) < 4.78 is 0. The fourth-order valence-electron chi connectivity index (χ4n) is 1.68. The molecule has 0 radical (unpaired) electrons. The zero-order valence-corrected chi connectivity index (χ0v) is 13.1. The number of benzene rings is 2. The van der Waals surface area contributed by atoms with Crippen molar-refractivity contribution in [2.24, 2.45) is 21.1 Å². The highest BCUT2D eigenvalue weighted by Crippen LogP contribution is 2.31. The maximum atomic E-state index is 9.63. The van der Waals surface area contributed by atoms with E-state index in [0.29, 0.717) is 5.69 Å². The van der Waals surface area contributed by atoms with E-state index in [1.54, 1.807) is 12.1 Å². The van der Waals surface area contributed by atoms with Crippen molar-refractivity contribution in [3.63, 3.8) is 0 Å². The topological polar surface area (TPSA) is 116 Å². The zero-order chi connectivity index (χ0) is 16.8. The number of nitrogens with two attached hydrogens (primary N) is 1. The lowest BCUT2D eigenvalue weighted by Crippen LogP contribution is -2.25. The Bertz CT molecular complexity index is 772. The molecule has 23 heavy (non-hydrogen) atoms. The molecule has 0 amide bonds. The second-order valence-electron chi connectivity index (χ2n) is 4.59. The number of phenols is 2. The molecule has 0 spiro atoms. The number of phenolic OH excluding ortho intramolecular Hbond substituents is 2. The van der Waals surface area contributed by atoms with Gasteiger partial charge in [0.05, 0.1) is 11.4 Å². The fourth-order valence-corrected chi connectivity index (χ4v) is 1.73. The Morgan fingerprint density at radius 2 is 1.78 bits per heavy atom. The van der Waals surface area contributed by atoms with Crippen molar-refractivity contribution in [2.75, 3.05) is 0 Å². The van der Waals surface area contributed by atoms with Crippen molar-refractivity contribution < 1.29 is 10.2 Å². The lowest BCUT2D eigenvalue weighted by Gasteiger charge is -2.02. The van der Waals surface area contributed by atoms with Crippen molar-refractivity contribution in [3.05, 3.63) is 48.0 Å². The van der Waals surface area contributed by atoms with E-state index in [0.717, 1.165) is 11.3 Å². The standard InChI is InChI=1S/C15H15N5O2S/c1-9(17-20-15(16)23)10-2-4-11(5-3-10)18-19-13-7-6-12(21)8-14(13)22/h2-8,21-22H,1H3,(H3,16,20,23)/b17-9+,19-18?. The predicted molar refractivity (Wildman–Crippen MR) is 92.5 cm³/mol. The van der Waals surface area contributed by atoms with Crippen molar-refractivity contribution in [2.45, 2.75) is 6.92 Å². The van der Waals surface area contributed by atoms with Gasteiger partial charge in [-0.15, -0.1) is 5.11 Å². The van der Waals surface area contributed by atoms with E-state index in [2.05, 4.69) is 33.0 Å². The summed E-state index contributed by atoms with van der Waals surface area (Å²) in [5.41, 5.74) is 10.3. The second kappa shape index (κ2) is 7.32. The Morgan fingerprint density at radius 3 is 2.39 bits per heavy atom. The van der Waals surface area contributed by atoms with E-state index >= 15 is 0 Å². The number of nitrogens with zero attached hydrogens (tertiary/aromatic N) is 3. The first-order valence-electron chi connectivity index (χ1n) is 6.59. The molecule has 0 saturated heterocycles. The normalized spacial score (nSPS) is 11.6. The van der Waals surface area contributed by atoms with Crippen molar-refractivity contribution in [3.8, 4) is 11.5 Å². The van der Waals surface area contributed by atoms with Crippen LogP contribution in [0.25, 0.3) is 0 Å². The molecule has 0 atom stereocenters. The summed E-state index contributed by atoms with van der Waals surface area (Å²) in [5, 5.41) is 30.9. The van der Waals surface area contributed by atoms with Crippen molar-refractivity contribution in [1.82, 2.24) is 5.43 Å². The minimum absolute atomic E-state index is 0.0360. The van der Waals surface area contributed by atoms with Gasteiger partial charge in [-0.2, -0.15) is 10.2 Å². The van der Waals surface area contributed by atoms with Crippen molar-refractivity contribution in [1.29, 1.82) is 0 Å². The Morgan fingerprint density at radius 1 is 1.09 bits per heavy atom. The van der Waals surface area contributed by atoms with Gasteiger partial charge in [0.1, 0.15) is 17.2 Å². The maximum absolute atomic E-state index is 9.63. The van der Waals surface area contributed by atoms with Gasteiger partial charge in [-0.1, -0.05) is 12.1 Å². The van der Waals surface area contributed by atoms with E-state index in [4.69, 9.17) is 5.73 Å². The van der Waals surface area contributed by atoms with Crippen LogP contribution in [0.15, 0.2) is 57.8 Å². The van der Waals surface area contributed by atoms with Gasteiger partial charge in [0, 0.05) is 6.07 Å². The molecule has 0 bridgehead atoms. The molecule has 0 aliphatic carbocycles. The largest absolute Gasteiger partial charge is 0.508 e. The van der Waals surface area contributed by atoms with Crippen LogP contribution in [-0.2, 0) is 0 Å². The van der Waals surface area contributed by atoms with Crippen LogP contribution < -0.4 is 11.2 Å². The van der Waals surface area contributed by atoms with Gasteiger partial charge in [0.15, 0.2) is 5.11 Å². The number of hydrazone groups is 1. The highest BCUT2D eigenvalue weighted by molar-refractivity contribution is 7.80. The Hall–Kier alpha value is -3.00. The molecule has 2 aromatic rings. The second-order valence-corrected chi connectivity index (χ2v) is 5.03. The molecule has 0 aromatic heterocycles. The van der Waals surface area contributed by atoms with Gasteiger partial charge in [-0.3, -0.25) is 5.43 Å². The van der Waals surface area contributed by atoms with Gasteiger partial charge in [-0.05, 0) is 49.0 Å². The highest BCUT2D eigenvalue weighted by Gasteiger charge is 2.01. The van der Waals surface area contributed by atoms with Crippen LogP contribution in [-0.4, -0.2) is 21.0 Å². The molecule has 0 unspecified atom stereocenters. The molecule has 0 heterocycles. The summed E-state index contributed by atoms with van der Waals surface area (Å²) in [6.45, 7) is 1.82. The lowest BCUT2D eigenvalue weighted by molar-refractivity contribution is 0.451. The first-order valence-corrected chi connectivity index (χ1v) is 7.00. The number of hydrogen-bond donors (Lipinski definition) is 4. The molecule has 5 N–H and O–H groups in total. The van der Waals surface area contributed by atoms with Crippen LogP contribution in [0, 0.1) is 0 Å². The first kappa shape index (κ1) is 16.4. The average Bonchev–Trinajstić information content (AvgIpc) is 2.52. The SMILES string of the molecule is C/C(=N\NC(N)=S)c1ccc(N=Nc2ccc(O)cc2O)cc1. The Kier molecular flexibility index (Phi) is 5.21. The van der Waals surface area contributed by atoms with Crippen LogP contribution >= 0.6 is 12.2 Å². The van der Waals surface area contributed by atoms with E-state index in [-0.39, 0.29) is 22.3 Å². The number of hydrogen-bond acceptors (Lipinski definition) is 6. The zero-order valence-electron chi connectivity index (χ0n) is 12.3. The summed E-state index contributed by atoms with van der Waals surface area (Å²) in [4.78, 5) is 0. The van der Waals surface area contributed by atoms with Crippen LogP contribution in [0.1, 0.15) is 12.5 Å². The number of nitrogens with one attached hydrogen (secondary N) is 1. The summed E-state index contributed by atoms with van der Waals surface area (Å²) in [5.74, 6) is -0.177. The van der Waals surface area contributed by atoms with Gasteiger partial charge in [-0.25, -0.2) is 0 Å². The van der Waals surface area contributed by atoms with Crippen molar-refractivity contribution >= 4 is 34.4 Å². The third-order valence-electron chi connectivity index (χ3n) is 2.85. The molecule has 118 valence electrons. The minimum atomic E-state index is -0.142. The number of aromatic hydroxyl groups is 2. The molecular weight excluding hydrogens is 314 g/mol. The number of rotatable bonds is 4. The monoisotopic (exact) mass is 329 g/mol. The first-order chi connectivity index (χ1) is 11.0. The van der Waals surface area contributed by atoms with Gasteiger partial charge in [0.2, 0.25) is 0 Å². The molecule has 8 heteroatoms. The summed E-state index contributed by atoms with van der Waals surface area (Å²) >= 11 is 4.68. The van der Waals surface area contributed by atoms with E-state index in [1.807, 2.05) is 19.1 Å². The molecule has 2 rings (SSSR count). The predicted octanol–water partition coefficient (Wildman–Crippen LogP) is 3.07. The summed E-state index contributed by atoms with van der Waals surface area (Å²) in [7, 11) is 0. The quantitative estimate of drug-likeness (QED) is 0.298. The molecule has 0 saturated carbocycles. The Labute approximate surface area is 138 Å². The summed E-state index contributed by atoms with van der Waals surface area (Å²) in [6.07, 6.45) is 0.